The summed E-state index contributed by atoms with van der Waals surface area (Å²) in [7, 11) is 0. The molecule has 2 fully saturated rings. The van der Waals surface area contributed by atoms with E-state index >= 15 is 0 Å². The Kier molecular flexibility index (Phi) is 5.12. The van der Waals surface area contributed by atoms with Crippen molar-refractivity contribution in [1.29, 1.82) is 0 Å². The first kappa shape index (κ1) is 19.6. The number of thiocarbonyl (C=S) groups is 1. The minimum absolute atomic E-state index is 0.0654. The first-order valence-corrected chi connectivity index (χ1v) is 10.9. The first-order valence-electron chi connectivity index (χ1n) is 10.1. The van der Waals surface area contributed by atoms with Crippen LogP contribution in [0.15, 0.2) is 18.2 Å². The van der Waals surface area contributed by atoms with Crippen molar-refractivity contribution in [3.8, 4) is 0 Å². The average Bonchev–Trinajstić information content (AvgIpc) is 2.93. The smallest absolute Gasteiger partial charge is 0.247 e. The summed E-state index contributed by atoms with van der Waals surface area (Å²) in [5.74, 6) is -0.442. The van der Waals surface area contributed by atoms with Crippen LogP contribution >= 0.6 is 23.8 Å². The highest BCUT2D eigenvalue weighted by atomic mass is 35.5. The standard InChI is InChI=1S/C21H26ClN3O2S/c1-3-13(2)25-19(27)21(18(26)23-20(25)28)12-14-15(22)8-7-9-16(14)24-11-6-4-5-10-17(21)24/h7-9,13,17H,3-6,10-12H2,1-2H3,(H,23,26,28)/t13-,17+,21-/m0/s1. The van der Waals surface area contributed by atoms with E-state index in [1.807, 2.05) is 26.0 Å². The monoisotopic (exact) mass is 419 g/mol. The van der Waals surface area contributed by atoms with Crippen LogP contribution < -0.4 is 10.2 Å². The van der Waals surface area contributed by atoms with Crippen LogP contribution in [0.1, 0.15) is 51.5 Å². The molecule has 28 heavy (non-hydrogen) atoms. The van der Waals surface area contributed by atoms with Crippen molar-refractivity contribution in [3.05, 3.63) is 28.8 Å². The summed E-state index contributed by atoms with van der Waals surface area (Å²) in [6.07, 6.45) is 5.05. The maximum Gasteiger partial charge on any atom is 0.247 e. The Bertz CT molecular complexity index is 845. The Labute approximate surface area is 176 Å². The van der Waals surface area contributed by atoms with Gasteiger partial charge in [-0.1, -0.05) is 37.4 Å². The van der Waals surface area contributed by atoms with Gasteiger partial charge in [-0.15, -0.1) is 0 Å². The zero-order valence-corrected chi connectivity index (χ0v) is 17.9. The van der Waals surface area contributed by atoms with Crippen LogP contribution in [0, 0.1) is 5.41 Å². The highest BCUT2D eigenvalue weighted by Gasteiger charge is 2.61. The molecule has 3 atom stereocenters. The highest BCUT2D eigenvalue weighted by molar-refractivity contribution is 7.80. The molecule has 0 aliphatic carbocycles. The molecule has 0 unspecified atom stereocenters. The third kappa shape index (κ3) is 2.76. The predicted octanol–water partition coefficient (Wildman–Crippen LogP) is 3.67. The Morgan fingerprint density at radius 1 is 1.32 bits per heavy atom. The van der Waals surface area contributed by atoms with Gasteiger partial charge in [-0.2, -0.15) is 0 Å². The molecule has 1 aromatic carbocycles. The summed E-state index contributed by atoms with van der Waals surface area (Å²) in [4.78, 5) is 31.2. The van der Waals surface area contributed by atoms with Gasteiger partial charge in [0.25, 0.3) is 0 Å². The second kappa shape index (κ2) is 7.30. The highest BCUT2D eigenvalue weighted by Crippen LogP contribution is 2.49. The number of amides is 2. The number of nitrogens with one attached hydrogen (secondary N) is 1. The number of hydrogen-bond acceptors (Lipinski definition) is 4. The Hall–Kier alpha value is -1.66. The van der Waals surface area contributed by atoms with Crippen LogP contribution in [-0.2, 0) is 16.0 Å². The molecular weight excluding hydrogens is 394 g/mol. The molecule has 3 aliphatic rings. The molecule has 2 amide bonds. The van der Waals surface area contributed by atoms with E-state index in [-0.39, 0.29) is 29.0 Å². The van der Waals surface area contributed by atoms with E-state index in [2.05, 4.69) is 16.3 Å². The fraction of sp³-hybridized carbons (Fsp3) is 0.571. The number of anilines is 1. The van der Waals surface area contributed by atoms with Crippen molar-refractivity contribution in [1.82, 2.24) is 10.2 Å². The molecule has 0 radical (unpaired) electrons. The topological polar surface area (TPSA) is 52.7 Å². The van der Waals surface area contributed by atoms with E-state index in [0.29, 0.717) is 11.4 Å². The van der Waals surface area contributed by atoms with Crippen LogP contribution in [0.3, 0.4) is 0 Å². The summed E-state index contributed by atoms with van der Waals surface area (Å²) >= 11 is 11.9. The van der Waals surface area contributed by atoms with Crippen molar-refractivity contribution in [2.45, 2.75) is 64.5 Å². The maximum absolute atomic E-state index is 13.9. The van der Waals surface area contributed by atoms with Crippen LogP contribution in [0.5, 0.6) is 0 Å². The van der Waals surface area contributed by atoms with Gasteiger partial charge in [0, 0.05) is 29.7 Å². The Balaban J connectivity index is 1.90. The van der Waals surface area contributed by atoms with E-state index in [1.54, 1.807) is 4.90 Å². The summed E-state index contributed by atoms with van der Waals surface area (Å²) < 4.78 is 0. The molecule has 5 nitrogen and oxygen atoms in total. The molecule has 7 heteroatoms. The number of benzene rings is 1. The first-order chi connectivity index (χ1) is 13.4. The fourth-order valence-electron chi connectivity index (χ4n) is 5.00. The quantitative estimate of drug-likeness (QED) is 0.587. The van der Waals surface area contributed by atoms with E-state index in [9.17, 15) is 9.59 Å². The molecular formula is C21H26ClN3O2S. The van der Waals surface area contributed by atoms with Crippen molar-refractivity contribution in [2.75, 3.05) is 11.4 Å². The minimum Gasteiger partial charge on any atom is -0.367 e. The molecule has 1 aromatic rings. The van der Waals surface area contributed by atoms with Crippen LogP contribution in [0.2, 0.25) is 5.02 Å². The average molecular weight is 420 g/mol. The molecule has 4 rings (SSSR count). The molecule has 3 aliphatic heterocycles. The normalized spacial score (nSPS) is 28.5. The lowest BCUT2D eigenvalue weighted by atomic mass is 9.67. The molecule has 0 bridgehead atoms. The summed E-state index contributed by atoms with van der Waals surface area (Å²) in [5, 5.41) is 3.70. The van der Waals surface area contributed by atoms with Gasteiger partial charge in [-0.05, 0) is 56.1 Å². The summed E-state index contributed by atoms with van der Waals surface area (Å²) in [6.45, 7) is 4.83. The lowest BCUT2D eigenvalue weighted by Crippen LogP contribution is -2.73. The fourth-order valence-corrected chi connectivity index (χ4v) is 5.59. The van der Waals surface area contributed by atoms with Gasteiger partial charge in [0.2, 0.25) is 11.8 Å². The van der Waals surface area contributed by atoms with Gasteiger partial charge in [-0.3, -0.25) is 14.5 Å². The third-order valence-corrected chi connectivity index (χ3v) is 7.31. The number of halogens is 1. The second-order valence-electron chi connectivity index (χ2n) is 8.14. The van der Waals surface area contributed by atoms with Crippen LogP contribution in [-0.4, -0.2) is 40.5 Å². The van der Waals surface area contributed by atoms with Gasteiger partial charge >= 0.3 is 0 Å². The van der Waals surface area contributed by atoms with Crippen LogP contribution in [0.25, 0.3) is 0 Å². The number of carbonyl (C=O) groups excluding carboxylic acids is 2. The van der Waals surface area contributed by atoms with Gasteiger partial charge in [0.1, 0.15) is 0 Å². The lowest BCUT2D eigenvalue weighted by molar-refractivity contribution is -0.153. The summed E-state index contributed by atoms with van der Waals surface area (Å²) in [5.41, 5.74) is 0.769. The number of rotatable bonds is 2. The predicted molar refractivity (Wildman–Crippen MR) is 115 cm³/mol. The van der Waals surface area contributed by atoms with Crippen molar-refractivity contribution in [3.63, 3.8) is 0 Å². The van der Waals surface area contributed by atoms with Gasteiger partial charge in [0.15, 0.2) is 10.5 Å². The largest absolute Gasteiger partial charge is 0.367 e. The van der Waals surface area contributed by atoms with E-state index in [0.717, 1.165) is 49.9 Å². The van der Waals surface area contributed by atoms with Crippen molar-refractivity contribution in [2.24, 2.45) is 5.41 Å². The van der Waals surface area contributed by atoms with E-state index in [1.165, 1.54) is 0 Å². The molecule has 1 spiro atoms. The zero-order chi connectivity index (χ0) is 20.1. The Morgan fingerprint density at radius 2 is 2.11 bits per heavy atom. The molecule has 3 heterocycles. The van der Waals surface area contributed by atoms with Crippen LogP contribution in [0.4, 0.5) is 5.69 Å². The van der Waals surface area contributed by atoms with Crippen molar-refractivity contribution >= 4 is 46.4 Å². The number of carbonyl (C=O) groups is 2. The second-order valence-corrected chi connectivity index (χ2v) is 8.93. The number of fused-ring (bicyclic) bond motifs is 4. The van der Waals surface area contributed by atoms with Gasteiger partial charge in [0.05, 0.1) is 6.04 Å². The third-order valence-electron chi connectivity index (χ3n) is 6.66. The summed E-state index contributed by atoms with van der Waals surface area (Å²) in [6, 6.07) is 5.61. The molecule has 0 saturated carbocycles. The SMILES string of the molecule is CC[C@H](C)N1C(=O)[C@]2(Cc3c(Cl)cccc3N3CCCCC[C@@H]32)C(=O)NC1=S. The molecule has 2 saturated heterocycles. The maximum atomic E-state index is 13.9. The molecule has 0 aromatic heterocycles. The van der Waals surface area contributed by atoms with Gasteiger partial charge in [-0.25, -0.2) is 0 Å². The molecule has 150 valence electrons. The lowest BCUT2D eigenvalue weighted by Gasteiger charge is -2.53. The molecule has 1 N–H and O–H groups in total. The minimum atomic E-state index is -1.19. The van der Waals surface area contributed by atoms with E-state index in [4.69, 9.17) is 23.8 Å². The van der Waals surface area contributed by atoms with Crippen molar-refractivity contribution < 1.29 is 9.59 Å². The van der Waals surface area contributed by atoms with E-state index < -0.39 is 5.41 Å². The number of nitrogens with zero attached hydrogens (tertiary/aromatic N) is 2. The Morgan fingerprint density at radius 3 is 2.86 bits per heavy atom. The van der Waals surface area contributed by atoms with Gasteiger partial charge < -0.3 is 10.2 Å². The number of hydrogen-bond donors (Lipinski definition) is 1. The zero-order valence-electron chi connectivity index (χ0n) is 16.3.